The Morgan fingerprint density at radius 2 is 1.84 bits per heavy atom. The first-order valence-corrected chi connectivity index (χ1v) is 14.8. The lowest BCUT2D eigenvalue weighted by atomic mass is 10.0. The van der Waals surface area contributed by atoms with Crippen LogP contribution in [-0.2, 0) is 6.54 Å². The van der Waals surface area contributed by atoms with Crippen molar-refractivity contribution in [1.29, 1.82) is 0 Å². The van der Waals surface area contributed by atoms with Crippen LogP contribution in [0.25, 0.3) is 55.8 Å². The lowest BCUT2D eigenvalue weighted by Gasteiger charge is -2.14. The number of aromatic nitrogens is 6. The van der Waals surface area contributed by atoms with Crippen molar-refractivity contribution in [1.82, 2.24) is 39.9 Å². The van der Waals surface area contributed by atoms with E-state index < -0.39 is 5.82 Å². The van der Waals surface area contributed by atoms with Crippen LogP contribution in [0.5, 0.6) is 0 Å². The number of nitrogens with one attached hydrogen (secondary N) is 3. The fraction of sp³-hybridized carbons (Fsp3) is 0.273. The van der Waals surface area contributed by atoms with Crippen LogP contribution < -0.4 is 5.32 Å². The molecule has 1 aliphatic rings. The van der Waals surface area contributed by atoms with E-state index in [1.165, 1.54) is 31.0 Å². The Morgan fingerprint density at radius 3 is 2.68 bits per heavy atom. The van der Waals surface area contributed by atoms with Crippen molar-refractivity contribution in [3.8, 4) is 33.8 Å². The molecule has 0 bridgehead atoms. The molecule has 9 nitrogen and oxygen atoms in total. The van der Waals surface area contributed by atoms with Gasteiger partial charge in [0.1, 0.15) is 17.0 Å². The van der Waals surface area contributed by atoms with E-state index in [0.29, 0.717) is 51.4 Å². The summed E-state index contributed by atoms with van der Waals surface area (Å²) in [6.45, 7) is 4.50. The average molecular weight is 594 g/mol. The van der Waals surface area contributed by atoms with Crippen molar-refractivity contribution >= 4 is 27.8 Å². The molecule has 44 heavy (non-hydrogen) atoms. The molecule has 0 radical (unpaired) electrons. The molecular weight excluding hydrogens is 560 g/mol. The van der Waals surface area contributed by atoms with Gasteiger partial charge in [0.2, 0.25) is 0 Å². The molecule has 2 aromatic carbocycles. The fourth-order valence-corrected chi connectivity index (χ4v) is 5.89. The van der Waals surface area contributed by atoms with Crippen LogP contribution in [0.4, 0.5) is 14.5 Å². The van der Waals surface area contributed by atoms with Crippen LogP contribution in [-0.4, -0.2) is 80.2 Å². The lowest BCUT2D eigenvalue weighted by Crippen LogP contribution is -2.20. The van der Waals surface area contributed by atoms with E-state index in [0.717, 1.165) is 42.9 Å². The number of hydrogen-bond donors (Lipinski definition) is 3. The number of H-pyrrole nitrogens is 2. The molecule has 0 saturated carbocycles. The third kappa shape index (κ3) is 5.63. The smallest absolute Gasteiger partial charge is 0.178 e. The minimum atomic E-state index is -0.436. The number of aromatic amines is 2. The van der Waals surface area contributed by atoms with Crippen molar-refractivity contribution in [3.63, 3.8) is 0 Å². The van der Waals surface area contributed by atoms with E-state index in [2.05, 4.69) is 46.3 Å². The number of likely N-dealkylation sites (tertiary alicyclic amines) is 1. The molecule has 6 aromatic rings. The number of anilines is 1. The number of pyridine rings is 2. The summed E-state index contributed by atoms with van der Waals surface area (Å²) in [6.07, 6.45) is 7.72. The predicted molar refractivity (Wildman–Crippen MR) is 169 cm³/mol. The van der Waals surface area contributed by atoms with Crippen molar-refractivity contribution in [2.75, 3.05) is 45.6 Å². The monoisotopic (exact) mass is 593 g/mol. The van der Waals surface area contributed by atoms with Gasteiger partial charge in [-0.05, 0) is 99.2 Å². The zero-order valence-electron chi connectivity index (χ0n) is 24.7. The molecule has 0 aliphatic carbocycles. The summed E-state index contributed by atoms with van der Waals surface area (Å²) >= 11 is 0. The zero-order chi connectivity index (χ0) is 30.2. The SMILES string of the molecule is CN(C)CCNc1cc(F)cc(-c2ccnc3nc(-c4[nH]nc5c(F)cc(-c6cncc(CN7CCCC7)c6)cc45)[nH]c23)c1. The van der Waals surface area contributed by atoms with E-state index in [4.69, 9.17) is 4.98 Å². The average Bonchev–Trinajstić information content (AvgIpc) is 3.76. The Balaban J connectivity index is 1.25. The van der Waals surface area contributed by atoms with Gasteiger partial charge in [-0.25, -0.2) is 18.7 Å². The molecule has 224 valence electrons. The van der Waals surface area contributed by atoms with Gasteiger partial charge >= 0.3 is 0 Å². The Kier molecular flexibility index (Phi) is 7.49. The van der Waals surface area contributed by atoms with E-state index in [1.54, 1.807) is 12.4 Å². The van der Waals surface area contributed by atoms with Gasteiger partial charge in [-0.3, -0.25) is 15.0 Å². The maximum absolute atomic E-state index is 15.4. The Hall–Kier alpha value is -4.74. The largest absolute Gasteiger partial charge is 0.384 e. The summed E-state index contributed by atoms with van der Waals surface area (Å²) < 4.78 is 30.1. The van der Waals surface area contributed by atoms with Gasteiger partial charge in [-0.2, -0.15) is 5.10 Å². The predicted octanol–water partition coefficient (Wildman–Crippen LogP) is 6.08. The van der Waals surface area contributed by atoms with E-state index >= 15 is 4.39 Å². The topological polar surface area (TPSA) is 102 Å². The van der Waals surface area contributed by atoms with E-state index in [9.17, 15) is 4.39 Å². The first-order valence-electron chi connectivity index (χ1n) is 14.8. The molecular formula is C33H33F2N9. The minimum Gasteiger partial charge on any atom is -0.384 e. The molecule has 0 spiro atoms. The maximum Gasteiger partial charge on any atom is 0.178 e. The fourth-order valence-electron chi connectivity index (χ4n) is 5.89. The number of nitrogens with zero attached hydrogens (tertiary/aromatic N) is 6. The highest BCUT2D eigenvalue weighted by Crippen LogP contribution is 2.34. The molecule has 7 rings (SSSR count). The summed E-state index contributed by atoms with van der Waals surface area (Å²) in [5.41, 5.74) is 6.63. The van der Waals surface area contributed by atoms with Crippen LogP contribution in [0, 0.1) is 11.6 Å². The second-order valence-electron chi connectivity index (χ2n) is 11.6. The van der Waals surface area contributed by atoms with Gasteiger partial charge in [0.05, 0.1) is 5.52 Å². The highest BCUT2D eigenvalue weighted by atomic mass is 19.1. The highest BCUT2D eigenvalue weighted by molar-refractivity contribution is 5.97. The summed E-state index contributed by atoms with van der Waals surface area (Å²) in [4.78, 5) is 21.4. The van der Waals surface area contributed by atoms with Crippen LogP contribution in [0.2, 0.25) is 0 Å². The van der Waals surface area contributed by atoms with Gasteiger partial charge in [0.25, 0.3) is 0 Å². The molecule has 1 fully saturated rings. The molecule has 1 saturated heterocycles. The first-order chi connectivity index (χ1) is 21.4. The van der Waals surface area contributed by atoms with Crippen LogP contribution >= 0.6 is 0 Å². The van der Waals surface area contributed by atoms with E-state index in [-0.39, 0.29) is 11.3 Å². The third-order valence-corrected chi connectivity index (χ3v) is 8.07. The molecule has 0 amide bonds. The summed E-state index contributed by atoms with van der Waals surface area (Å²) in [5, 5.41) is 11.1. The quantitative estimate of drug-likeness (QED) is 0.187. The number of halogens is 2. The van der Waals surface area contributed by atoms with Crippen molar-refractivity contribution in [2.45, 2.75) is 19.4 Å². The normalized spacial score (nSPS) is 13.9. The molecule has 3 N–H and O–H groups in total. The van der Waals surface area contributed by atoms with Gasteiger partial charge < -0.3 is 15.2 Å². The number of imidazole rings is 1. The maximum atomic E-state index is 15.4. The number of likely N-dealkylation sites (N-methyl/N-ethyl adjacent to an activating group) is 1. The van der Waals surface area contributed by atoms with Crippen molar-refractivity contribution in [2.24, 2.45) is 0 Å². The molecule has 1 aliphatic heterocycles. The first kappa shape index (κ1) is 28.1. The van der Waals surface area contributed by atoms with Gasteiger partial charge in [-0.15, -0.1) is 0 Å². The van der Waals surface area contributed by atoms with Crippen LogP contribution in [0.3, 0.4) is 0 Å². The Labute approximate surface area is 253 Å². The van der Waals surface area contributed by atoms with Crippen molar-refractivity contribution in [3.05, 3.63) is 78.3 Å². The Morgan fingerprint density at radius 1 is 0.977 bits per heavy atom. The summed E-state index contributed by atoms with van der Waals surface area (Å²) in [6, 6.07) is 12.2. The van der Waals surface area contributed by atoms with Gasteiger partial charge in [-0.1, -0.05) is 0 Å². The molecule has 11 heteroatoms. The zero-order valence-corrected chi connectivity index (χ0v) is 24.7. The van der Waals surface area contributed by atoms with Crippen LogP contribution in [0.1, 0.15) is 18.4 Å². The molecule has 0 unspecified atom stereocenters. The number of benzene rings is 2. The Bertz CT molecular complexity index is 1960. The minimum absolute atomic E-state index is 0.220. The number of hydrogen-bond acceptors (Lipinski definition) is 7. The summed E-state index contributed by atoms with van der Waals surface area (Å²) in [7, 11) is 3.98. The second-order valence-corrected chi connectivity index (χ2v) is 11.6. The van der Waals surface area contributed by atoms with Gasteiger partial charge in [0, 0.05) is 60.4 Å². The summed E-state index contributed by atoms with van der Waals surface area (Å²) in [5.74, 6) is -0.323. The van der Waals surface area contributed by atoms with Crippen molar-refractivity contribution < 1.29 is 8.78 Å². The molecule has 5 heterocycles. The third-order valence-electron chi connectivity index (χ3n) is 8.07. The number of rotatable bonds is 9. The highest BCUT2D eigenvalue weighted by Gasteiger charge is 2.19. The molecule has 4 aromatic heterocycles. The standard InChI is InChI=1S/C33H33F2N9/c1-43(2)10-7-37-25-13-22(12-24(34)16-25)26-5-6-38-32-30(26)39-33(40-32)31-27-14-21(15-28(35)29(27)41-42-31)23-11-20(17-36-18-23)19-44-8-3-4-9-44/h5-6,11-18,37H,3-4,7-10,19H2,1-2H3,(H,41,42)(H,38,39,40). The van der Waals surface area contributed by atoms with Gasteiger partial charge in [0.15, 0.2) is 17.3 Å². The lowest BCUT2D eigenvalue weighted by molar-refractivity contribution is 0.331. The number of fused-ring (bicyclic) bond motifs is 2. The molecule has 0 atom stereocenters. The van der Waals surface area contributed by atoms with Crippen LogP contribution in [0.15, 0.2) is 61.1 Å². The second kappa shape index (κ2) is 11.7. The van der Waals surface area contributed by atoms with E-state index in [1.807, 2.05) is 38.5 Å².